The molecule has 2 aliphatic rings. The number of nitrogens with zero attached hydrogens (tertiary/aromatic N) is 2. The molecule has 0 unspecified atom stereocenters. The van der Waals surface area contributed by atoms with Gasteiger partial charge in [0.2, 0.25) is 0 Å². The molecule has 0 aromatic carbocycles. The molecule has 0 saturated heterocycles. The van der Waals surface area contributed by atoms with Gasteiger partial charge in [-0.05, 0) is 31.6 Å². The molecule has 1 fully saturated rings. The van der Waals surface area contributed by atoms with E-state index in [1.165, 1.54) is 25.7 Å². The first kappa shape index (κ1) is 9.81. The van der Waals surface area contributed by atoms with Gasteiger partial charge in [-0.2, -0.15) is 0 Å². The fourth-order valence-electron chi connectivity index (χ4n) is 2.32. The summed E-state index contributed by atoms with van der Waals surface area (Å²) in [7, 11) is 2.12. The number of hydrogen-bond acceptors (Lipinski definition) is 3. The molecule has 1 saturated carbocycles. The molecule has 1 aliphatic carbocycles. The van der Waals surface area contributed by atoms with E-state index in [0.29, 0.717) is 6.04 Å². The molecule has 14 heavy (non-hydrogen) atoms. The smallest absolute Gasteiger partial charge is 0.287 e. The van der Waals surface area contributed by atoms with Crippen molar-refractivity contribution in [2.45, 2.75) is 38.6 Å². The van der Waals surface area contributed by atoms with Crippen LogP contribution in [0.15, 0.2) is 4.99 Å². The van der Waals surface area contributed by atoms with Crippen molar-refractivity contribution in [3.05, 3.63) is 0 Å². The number of amidine groups is 1. The van der Waals surface area contributed by atoms with Crippen LogP contribution in [0, 0.1) is 5.92 Å². The topological polar surface area (TPSA) is 24.8 Å². The normalized spacial score (nSPS) is 32.3. The minimum atomic E-state index is 0.656. The highest BCUT2D eigenvalue weighted by Crippen LogP contribution is 2.26. The zero-order valence-corrected chi connectivity index (χ0v) is 9.20. The molecule has 0 spiro atoms. The number of aliphatic imine (C=N–C) groups is 1. The zero-order valence-electron chi connectivity index (χ0n) is 9.20. The van der Waals surface area contributed by atoms with Gasteiger partial charge in [0.15, 0.2) is 0 Å². The molecule has 80 valence electrons. The van der Waals surface area contributed by atoms with Gasteiger partial charge in [-0.3, -0.25) is 0 Å². The van der Waals surface area contributed by atoms with Crippen molar-refractivity contribution in [1.82, 2.24) is 4.90 Å². The Morgan fingerprint density at radius 1 is 1.29 bits per heavy atom. The van der Waals surface area contributed by atoms with Crippen molar-refractivity contribution in [2.24, 2.45) is 10.9 Å². The van der Waals surface area contributed by atoms with Gasteiger partial charge in [-0.1, -0.05) is 6.92 Å². The molecule has 1 aliphatic heterocycles. The zero-order chi connectivity index (χ0) is 9.97. The maximum Gasteiger partial charge on any atom is 0.287 e. The van der Waals surface area contributed by atoms with Crippen molar-refractivity contribution in [3.63, 3.8) is 0 Å². The second-order valence-corrected chi connectivity index (χ2v) is 4.54. The molecule has 0 atom stereocenters. The van der Waals surface area contributed by atoms with Crippen molar-refractivity contribution < 1.29 is 4.74 Å². The minimum absolute atomic E-state index is 0.656. The number of rotatable bonds is 1. The van der Waals surface area contributed by atoms with Crippen LogP contribution in [-0.2, 0) is 4.74 Å². The summed E-state index contributed by atoms with van der Waals surface area (Å²) in [6.07, 6.45) is 5.28. The lowest BCUT2D eigenvalue weighted by Crippen LogP contribution is -2.39. The van der Waals surface area contributed by atoms with Gasteiger partial charge in [0.25, 0.3) is 6.02 Å². The molecule has 0 N–H and O–H groups in total. The molecule has 3 nitrogen and oxygen atoms in total. The molecule has 0 aromatic rings. The van der Waals surface area contributed by atoms with Crippen molar-refractivity contribution in [3.8, 4) is 0 Å². The SMILES string of the molecule is CN(C1=NCCO1)[C@H]1CC[C@H](C)CC1. The van der Waals surface area contributed by atoms with Crippen LogP contribution in [0.25, 0.3) is 0 Å². The number of ether oxygens (including phenoxy) is 1. The van der Waals surface area contributed by atoms with E-state index >= 15 is 0 Å². The summed E-state index contributed by atoms with van der Waals surface area (Å²) in [6.45, 7) is 3.95. The predicted molar refractivity (Wildman–Crippen MR) is 57.4 cm³/mol. The molecule has 0 radical (unpaired) electrons. The lowest BCUT2D eigenvalue weighted by molar-refractivity contribution is 0.195. The average Bonchev–Trinajstić information content (AvgIpc) is 2.71. The monoisotopic (exact) mass is 196 g/mol. The van der Waals surface area contributed by atoms with E-state index in [4.69, 9.17) is 4.74 Å². The van der Waals surface area contributed by atoms with Crippen molar-refractivity contribution in [2.75, 3.05) is 20.2 Å². The van der Waals surface area contributed by atoms with E-state index in [1.807, 2.05) is 0 Å². The molecule has 2 rings (SSSR count). The third-order valence-electron chi connectivity index (χ3n) is 3.40. The summed E-state index contributed by atoms with van der Waals surface area (Å²) >= 11 is 0. The van der Waals surface area contributed by atoms with Crippen LogP contribution in [0.1, 0.15) is 32.6 Å². The largest absolute Gasteiger partial charge is 0.463 e. The summed E-state index contributed by atoms with van der Waals surface area (Å²) in [6, 6.07) is 1.52. The van der Waals surface area contributed by atoms with Gasteiger partial charge in [0, 0.05) is 13.1 Å². The Bertz CT molecular complexity index is 219. The predicted octanol–water partition coefficient (Wildman–Crippen LogP) is 1.88. The fraction of sp³-hybridized carbons (Fsp3) is 0.909. The highest BCUT2D eigenvalue weighted by atomic mass is 16.5. The lowest BCUT2D eigenvalue weighted by atomic mass is 9.87. The van der Waals surface area contributed by atoms with Crippen LogP contribution in [0.5, 0.6) is 0 Å². The lowest BCUT2D eigenvalue weighted by Gasteiger charge is -2.33. The molecule has 0 aromatic heterocycles. The van der Waals surface area contributed by atoms with Gasteiger partial charge in [0.05, 0.1) is 6.54 Å². The highest BCUT2D eigenvalue weighted by molar-refractivity contribution is 5.75. The Morgan fingerprint density at radius 3 is 2.57 bits per heavy atom. The van der Waals surface area contributed by atoms with Crippen LogP contribution in [0.2, 0.25) is 0 Å². The first-order valence-corrected chi connectivity index (χ1v) is 5.67. The first-order valence-electron chi connectivity index (χ1n) is 5.67. The van der Waals surface area contributed by atoms with E-state index in [0.717, 1.165) is 25.1 Å². The van der Waals surface area contributed by atoms with Crippen molar-refractivity contribution >= 4 is 6.02 Å². The van der Waals surface area contributed by atoms with E-state index < -0.39 is 0 Å². The van der Waals surface area contributed by atoms with Crippen LogP contribution >= 0.6 is 0 Å². The van der Waals surface area contributed by atoms with E-state index in [9.17, 15) is 0 Å². The third-order valence-corrected chi connectivity index (χ3v) is 3.40. The summed E-state index contributed by atoms with van der Waals surface area (Å²) in [5.41, 5.74) is 0. The Kier molecular flexibility index (Phi) is 2.94. The van der Waals surface area contributed by atoms with Crippen LogP contribution in [-0.4, -0.2) is 37.2 Å². The summed E-state index contributed by atoms with van der Waals surface area (Å²) < 4.78 is 5.47. The van der Waals surface area contributed by atoms with Gasteiger partial charge in [0.1, 0.15) is 6.61 Å². The first-order chi connectivity index (χ1) is 6.77. The molecule has 0 amide bonds. The Labute approximate surface area is 86.1 Å². The van der Waals surface area contributed by atoms with Gasteiger partial charge in [-0.25, -0.2) is 4.99 Å². The Morgan fingerprint density at radius 2 is 2.00 bits per heavy atom. The van der Waals surface area contributed by atoms with Crippen LogP contribution in [0.3, 0.4) is 0 Å². The second-order valence-electron chi connectivity index (χ2n) is 4.54. The average molecular weight is 196 g/mol. The van der Waals surface area contributed by atoms with Crippen LogP contribution in [0.4, 0.5) is 0 Å². The van der Waals surface area contributed by atoms with Gasteiger partial charge >= 0.3 is 0 Å². The third kappa shape index (κ3) is 2.02. The molecular formula is C11H20N2O. The van der Waals surface area contributed by atoms with E-state index in [2.05, 4.69) is 23.9 Å². The second kappa shape index (κ2) is 4.20. The van der Waals surface area contributed by atoms with Crippen LogP contribution < -0.4 is 0 Å². The van der Waals surface area contributed by atoms with Crippen molar-refractivity contribution in [1.29, 1.82) is 0 Å². The summed E-state index contributed by atoms with van der Waals surface area (Å²) in [5, 5.41) is 0. The standard InChI is InChI=1S/C11H20N2O/c1-9-3-5-10(6-4-9)13(2)11-12-7-8-14-11/h9-10H,3-8H2,1-2H3/t9-,10-. The van der Waals surface area contributed by atoms with Gasteiger partial charge < -0.3 is 9.64 Å². The number of hydrogen-bond donors (Lipinski definition) is 0. The molecule has 0 bridgehead atoms. The minimum Gasteiger partial charge on any atom is -0.463 e. The maximum atomic E-state index is 5.47. The van der Waals surface area contributed by atoms with Gasteiger partial charge in [-0.15, -0.1) is 0 Å². The molecular weight excluding hydrogens is 176 g/mol. The fourth-order valence-corrected chi connectivity index (χ4v) is 2.32. The summed E-state index contributed by atoms with van der Waals surface area (Å²) in [4.78, 5) is 6.59. The summed E-state index contributed by atoms with van der Waals surface area (Å²) in [5.74, 6) is 0.908. The Hall–Kier alpha value is -0.730. The highest BCUT2D eigenvalue weighted by Gasteiger charge is 2.25. The molecule has 1 heterocycles. The maximum absolute atomic E-state index is 5.47. The Balaban J connectivity index is 1.88. The van der Waals surface area contributed by atoms with E-state index in [1.54, 1.807) is 0 Å². The van der Waals surface area contributed by atoms with E-state index in [-0.39, 0.29) is 0 Å². The molecule has 3 heteroatoms. The quantitative estimate of drug-likeness (QED) is 0.639.